The van der Waals surface area contributed by atoms with Gasteiger partial charge in [0.2, 0.25) is 0 Å². The molecule has 2 nitrogen and oxygen atoms in total. The van der Waals surface area contributed by atoms with Crippen LogP contribution in [0.1, 0.15) is 11.1 Å². The van der Waals surface area contributed by atoms with E-state index in [1.165, 1.54) is 0 Å². The Morgan fingerprint density at radius 2 is 1.35 bits per heavy atom. The van der Waals surface area contributed by atoms with Gasteiger partial charge < -0.3 is 10.2 Å². The summed E-state index contributed by atoms with van der Waals surface area (Å²) in [7, 11) is 0. The molecule has 0 aliphatic carbocycles. The van der Waals surface area contributed by atoms with Crippen LogP contribution in [0, 0.1) is 0 Å². The molecule has 0 aromatic heterocycles. The van der Waals surface area contributed by atoms with Crippen molar-refractivity contribution in [3.63, 3.8) is 0 Å². The van der Waals surface area contributed by atoms with Gasteiger partial charge in [0, 0.05) is 0 Å². The van der Waals surface area contributed by atoms with Crippen molar-refractivity contribution in [2.24, 2.45) is 0 Å². The Kier molecular flexibility index (Phi) is 3.46. The molecule has 0 saturated carbocycles. The van der Waals surface area contributed by atoms with E-state index in [1.807, 2.05) is 12.1 Å². The smallest absolute Gasteiger partial charge is 0.152 e. The standard InChI is InChI=1S/C13H10Cl2O2/c14-11-6-9(7-12(15)13(11)17)5-8-1-3-10(16)4-2-8/h1-4,6-7,16-17H,5H2. The van der Waals surface area contributed by atoms with E-state index in [9.17, 15) is 10.2 Å². The number of rotatable bonds is 2. The fourth-order valence-corrected chi connectivity index (χ4v) is 2.10. The Labute approximate surface area is 109 Å². The lowest BCUT2D eigenvalue weighted by molar-refractivity contribution is 0.475. The van der Waals surface area contributed by atoms with Crippen molar-refractivity contribution in [2.45, 2.75) is 6.42 Å². The summed E-state index contributed by atoms with van der Waals surface area (Å²) in [6.45, 7) is 0. The molecule has 0 aliphatic heterocycles. The summed E-state index contributed by atoms with van der Waals surface area (Å²) >= 11 is 11.7. The van der Waals surface area contributed by atoms with Gasteiger partial charge in [-0.25, -0.2) is 0 Å². The maximum absolute atomic E-state index is 9.44. The zero-order valence-corrected chi connectivity index (χ0v) is 10.3. The van der Waals surface area contributed by atoms with E-state index in [2.05, 4.69) is 0 Å². The van der Waals surface area contributed by atoms with Crippen molar-refractivity contribution in [3.8, 4) is 11.5 Å². The van der Waals surface area contributed by atoms with Crippen molar-refractivity contribution in [1.82, 2.24) is 0 Å². The van der Waals surface area contributed by atoms with E-state index < -0.39 is 0 Å². The van der Waals surface area contributed by atoms with E-state index >= 15 is 0 Å². The van der Waals surface area contributed by atoms with E-state index in [1.54, 1.807) is 24.3 Å². The Morgan fingerprint density at radius 3 is 1.88 bits per heavy atom. The molecule has 0 atom stereocenters. The fraction of sp³-hybridized carbons (Fsp3) is 0.0769. The number of phenols is 2. The maximum atomic E-state index is 9.44. The molecule has 0 fully saturated rings. The molecule has 0 radical (unpaired) electrons. The second-order valence-corrected chi connectivity index (χ2v) is 4.57. The minimum absolute atomic E-state index is 0.0946. The third kappa shape index (κ3) is 2.84. The molecule has 0 unspecified atom stereocenters. The van der Waals surface area contributed by atoms with E-state index in [0.29, 0.717) is 6.42 Å². The van der Waals surface area contributed by atoms with Crippen LogP contribution in [0.15, 0.2) is 36.4 Å². The highest BCUT2D eigenvalue weighted by atomic mass is 35.5. The van der Waals surface area contributed by atoms with E-state index in [4.69, 9.17) is 23.2 Å². The highest BCUT2D eigenvalue weighted by Gasteiger charge is 2.07. The molecule has 0 amide bonds. The Hall–Kier alpha value is -1.38. The summed E-state index contributed by atoms with van der Waals surface area (Å²) in [6, 6.07) is 10.2. The van der Waals surface area contributed by atoms with E-state index in [0.717, 1.165) is 11.1 Å². The molecule has 17 heavy (non-hydrogen) atoms. The van der Waals surface area contributed by atoms with E-state index in [-0.39, 0.29) is 21.5 Å². The molecule has 0 spiro atoms. The maximum Gasteiger partial charge on any atom is 0.152 e. The zero-order valence-electron chi connectivity index (χ0n) is 8.82. The summed E-state index contributed by atoms with van der Waals surface area (Å²) < 4.78 is 0. The van der Waals surface area contributed by atoms with Crippen LogP contribution < -0.4 is 0 Å². The second-order valence-electron chi connectivity index (χ2n) is 3.75. The Balaban J connectivity index is 2.27. The van der Waals surface area contributed by atoms with Crippen LogP contribution in [0.5, 0.6) is 11.5 Å². The molecule has 88 valence electrons. The summed E-state index contributed by atoms with van der Waals surface area (Å²) in [5.41, 5.74) is 1.93. The molecule has 2 N–H and O–H groups in total. The number of benzene rings is 2. The normalized spacial score (nSPS) is 10.5. The SMILES string of the molecule is Oc1ccc(Cc2cc(Cl)c(O)c(Cl)c2)cc1. The van der Waals surface area contributed by atoms with Crippen LogP contribution in [0.2, 0.25) is 10.0 Å². The quantitative estimate of drug-likeness (QED) is 0.865. The van der Waals surface area contributed by atoms with Gasteiger partial charge in [0.25, 0.3) is 0 Å². The molecule has 0 saturated heterocycles. The first-order chi connectivity index (χ1) is 8.06. The third-order valence-electron chi connectivity index (χ3n) is 2.42. The first kappa shape index (κ1) is 12.1. The average molecular weight is 269 g/mol. The fourth-order valence-electron chi connectivity index (χ4n) is 1.57. The number of halogens is 2. The van der Waals surface area contributed by atoms with Crippen LogP contribution in [0.3, 0.4) is 0 Å². The lowest BCUT2D eigenvalue weighted by Crippen LogP contribution is -1.88. The van der Waals surface area contributed by atoms with Crippen molar-refractivity contribution in [3.05, 3.63) is 57.6 Å². The summed E-state index contributed by atoms with van der Waals surface area (Å²) in [6.07, 6.45) is 0.639. The Morgan fingerprint density at radius 1 is 0.824 bits per heavy atom. The topological polar surface area (TPSA) is 40.5 Å². The summed E-state index contributed by atoms with van der Waals surface area (Å²) in [5, 5.41) is 19.1. The van der Waals surface area contributed by atoms with Gasteiger partial charge in [0.05, 0.1) is 10.0 Å². The molecule has 2 aromatic carbocycles. The second kappa shape index (κ2) is 4.86. The molecule has 0 heterocycles. The largest absolute Gasteiger partial charge is 0.508 e. The van der Waals surface area contributed by atoms with Gasteiger partial charge in [-0.1, -0.05) is 35.3 Å². The molecule has 2 aromatic rings. The van der Waals surface area contributed by atoms with Gasteiger partial charge in [-0.3, -0.25) is 0 Å². The summed E-state index contributed by atoms with van der Waals surface area (Å²) in [5.74, 6) is 0.137. The van der Waals surface area contributed by atoms with Crippen molar-refractivity contribution in [1.29, 1.82) is 0 Å². The van der Waals surface area contributed by atoms with Crippen molar-refractivity contribution < 1.29 is 10.2 Å². The number of hydrogen-bond donors (Lipinski definition) is 2. The molecule has 4 heteroatoms. The van der Waals surface area contributed by atoms with Crippen LogP contribution >= 0.6 is 23.2 Å². The van der Waals surface area contributed by atoms with Gasteiger partial charge in [-0.05, 0) is 41.8 Å². The van der Waals surface area contributed by atoms with Crippen LogP contribution in [-0.2, 0) is 6.42 Å². The molecular formula is C13H10Cl2O2. The molecule has 0 aliphatic rings. The minimum Gasteiger partial charge on any atom is -0.508 e. The van der Waals surface area contributed by atoms with Crippen LogP contribution in [0.25, 0.3) is 0 Å². The number of phenolic OH excluding ortho intramolecular Hbond substituents is 2. The lowest BCUT2D eigenvalue weighted by atomic mass is 10.0. The molecule has 0 bridgehead atoms. The average Bonchev–Trinajstić information content (AvgIpc) is 2.29. The molecular weight excluding hydrogens is 259 g/mol. The predicted octanol–water partition coefficient (Wildman–Crippen LogP) is 4.00. The highest BCUT2D eigenvalue weighted by molar-refractivity contribution is 6.37. The van der Waals surface area contributed by atoms with Gasteiger partial charge in [-0.15, -0.1) is 0 Å². The van der Waals surface area contributed by atoms with Gasteiger partial charge in [0.15, 0.2) is 5.75 Å². The highest BCUT2D eigenvalue weighted by Crippen LogP contribution is 2.33. The van der Waals surface area contributed by atoms with Gasteiger partial charge >= 0.3 is 0 Å². The number of hydrogen-bond acceptors (Lipinski definition) is 2. The predicted molar refractivity (Wildman–Crippen MR) is 69.0 cm³/mol. The van der Waals surface area contributed by atoms with Crippen LogP contribution in [0.4, 0.5) is 0 Å². The van der Waals surface area contributed by atoms with Crippen molar-refractivity contribution >= 4 is 23.2 Å². The minimum atomic E-state index is -0.0946. The monoisotopic (exact) mass is 268 g/mol. The third-order valence-corrected chi connectivity index (χ3v) is 3.00. The van der Waals surface area contributed by atoms with Crippen molar-refractivity contribution in [2.75, 3.05) is 0 Å². The number of aromatic hydroxyl groups is 2. The van der Waals surface area contributed by atoms with Gasteiger partial charge in [0.1, 0.15) is 5.75 Å². The lowest BCUT2D eigenvalue weighted by Gasteiger charge is -2.06. The van der Waals surface area contributed by atoms with Gasteiger partial charge in [-0.2, -0.15) is 0 Å². The zero-order chi connectivity index (χ0) is 12.4. The molecule has 2 rings (SSSR count). The Bertz CT molecular complexity index is 513. The van der Waals surface area contributed by atoms with Crippen LogP contribution in [-0.4, -0.2) is 10.2 Å². The first-order valence-corrected chi connectivity index (χ1v) is 5.76. The summed E-state index contributed by atoms with van der Waals surface area (Å²) in [4.78, 5) is 0. The first-order valence-electron chi connectivity index (χ1n) is 5.01.